The van der Waals surface area contributed by atoms with Crippen LogP contribution in [0.15, 0.2) is 0 Å². The molecule has 0 aromatic heterocycles. The molecule has 0 bridgehead atoms. The van der Waals surface area contributed by atoms with Crippen LogP contribution in [0.1, 0.15) is 65.7 Å². The molecule has 2 N–H and O–H groups in total. The first-order valence-corrected chi connectivity index (χ1v) is 8.77. The average molecular weight is 295 g/mol. The highest BCUT2D eigenvalue weighted by Gasteiger charge is 2.30. The molecule has 2 aliphatic rings. The number of nitrogens with one attached hydrogen (secondary N) is 2. The van der Waals surface area contributed by atoms with Crippen molar-refractivity contribution in [1.82, 2.24) is 15.5 Å². The van der Waals surface area contributed by atoms with E-state index in [9.17, 15) is 4.79 Å². The lowest BCUT2D eigenvalue weighted by Crippen LogP contribution is -2.56. The molecule has 1 atom stereocenters. The Labute approximate surface area is 130 Å². The van der Waals surface area contributed by atoms with Gasteiger partial charge in [-0.25, -0.2) is 4.79 Å². The van der Waals surface area contributed by atoms with Crippen molar-refractivity contribution in [1.29, 1.82) is 0 Å². The summed E-state index contributed by atoms with van der Waals surface area (Å²) in [6, 6.07) is 0.400. The highest BCUT2D eigenvalue weighted by Crippen LogP contribution is 2.23. The van der Waals surface area contributed by atoms with Gasteiger partial charge in [0.15, 0.2) is 0 Å². The minimum absolute atomic E-state index is 0.0139. The Morgan fingerprint density at radius 3 is 2.52 bits per heavy atom. The standard InChI is InChI=1S/C17H33N3O/c1-14-8-7-11-20(12-14)17(2,3)13-18-16(21)19-15-9-5-4-6-10-15/h14-15H,4-13H2,1-3H3,(H2,18,19,21)/t14-/m1/s1. The van der Waals surface area contributed by atoms with E-state index >= 15 is 0 Å². The van der Waals surface area contributed by atoms with Crippen LogP contribution in [0.2, 0.25) is 0 Å². The first-order valence-electron chi connectivity index (χ1n) is 8.77. The van der Waals surface area contributed by atoms with Gasteiger partial charge in [-0.2, -0.15) is 0 Å². The summed E-state index contributed by atoms with van der Waals surface area (Å²) in [5.74, 6) is 0.772. The summed E-state index contributed by atoms with van der Waals surface area (Å²) < 4.78 is 0. The summed E-state index contributed by atoms with van der Waals surface area (Å²) in [7, 11) is 0. The topological polar surface area (TPSA) is 44.4 Å². The molecule has 21 heavy (non-hydrogen) atoms. The van der Waals surface area contributed by atoms with E-state index in [0.29, 0.717) is 6.04 Å². The van der Waals surface area contributed by atoms with E-state index in [1.54, 1.807) is 0 Å². The van der Waals surface area contributed by atoms with Gasteiger partial charge in [0.25, 0.3) is 0 Å². The van der Waals surface area contributed by atoms with Crippen LogP contribution < -0.4 is 10.6 Å². The van der Waals surface area contributed by atoms with E-state index in [0.717, 1.165) is 38.4 Å². The van der Waals surface area contributed by atoms with Crippen LogP contribution in [0.5, 0.6) is 0 Å². The van der Waals surface area contributed by atoms with Crippen LogP contribution in [0.25, 0.3) is 0 Å². The SMILES string of the molecule is C[C@@H]1CCCN(C(C)(C)CNC(=O)NC2CCCCC2)C1. The van der Waals surface area contributed by atoms with Gasteiger partial charge in [0, 0.05) is 24.7 Å². The first kappa shape index (κ1) is 16.6. The van der Waals surface area contributed by atoms with Crippen LogP contribution >= 0.6 is 0 Å². The smallest absolute Gasteiger partial charge is 0.315 e. The third-order valence-corrected chi connectivity index (χ3v) is 5.14. The van der Waals surface area contributed by atoms with Crippen LogP contribution in [-0.2, 0) is 0 Å². The Bertz CT molecular complexity index is 337. The second kappa shape index (κ2) is 7.48. The monoisotopic (exact) mass is 295 g/mol. The molecule has 0 radical (unpaired) electrons. The number of carbonyl (C=O) groups excluding carboxylic acids is 1. The van der Waals surface area contributed by atoms with E-state index in [-0.39, 0.29) is 11.6 Å². The zero-order chi connectivity index (χ0) is 15.3. The number of piperidine rings is 1. The lowest BCUT2D eigenvalue weighted by molar-refractivity contribution is 0.0722. The number of hydrogen-bond donors (Lipinski definition) is 2. The molecule has 0 unspecified atom stereocenters. The van der Waals surface area contributed by atoms with Gasteiger partial charge in [-0.15, -0.1) is 0 Å². The van der Waals surface area contributed by atoms with Crippen LogP contribution in [0.4, 0.5) is 4.79 Å². The zero-order valence-corrected chi connectivity index (χ0v) is 14.1. The highest BCUT2D eigenvalue weighted by atomic mass is 16.2. The maximum Gasteiger partial charge on any atom is 0.315 e. The fourth-order valence-electron chi connectivity index (χ4n) is 3.63. The minimum atomic E-state index is 0.0139. The van der Waals surface area contributed by atoms with Crippen LogP contribution in [0.3, 0.4) is 0 Å². The number of urea groups is 1. The van der Waals surface area contributed by atoms with Gasteiger partial charge in [-0.05, 0) is 52.0 Å². The molecule has 0 spiro atoms. The molecule has 0 aromatic rings. The second-order valence-corrected chi connectivity index (χ2v) is 7.67. The molecule has 4 nitrogen and oxygen atoms in total. The van der Waals surface area contributed by atoms with E-state index < -0.39 is 0 Å². The lowest BCUT2D eigenvalue weighted by atomic mass is 9.93. The summed E-state index contributed by atoms with van der Waals surface area (Å²) >= 11 is 0. The largest absolute Gasteiger partial charge is 0.336 e. The number of hydrogen-bond acceptors (Lipinski definition) is 2. The molecule has 1 aliphatic heterocycles. The van der Waals surface area contributed by atoms with Crippen molar-refractivity contribution in [3.05, 3.63) is 0 Å². The maximum atomic E-state index is 12.1. The third kappa shape index (κ3) is 5.17. The van der Waals surface area contributed by atoms with Crippen molar-refractivity contribution < 1.29 is 4.79 Å². The summed E-state index contributed by atoms with van der Waals surface area (Å²) in [6.07, 6.45) is 8.71. The van der Waals surface area contributed by atoms with Gasteiger partial charge in [-0.3, -0.25) is 4.90 Å². The Morgan fingerprint density at radius 2 is 1.86 bits per heavy atom. The second-order valence-electron chi connectivity index (χ2n) is 7.67. The number of rotatable bonds is 4. The first-order chi connectivity index (χ1) is 9.97. The molecule has 2 amide bonds. The predicted molar refractivity (Wildman–Crippen MR) is 87.5 cm³/mol. The number of nitrogens with zero attached hydrogens (tertiary/aromatic N) is 1. The van der Waals surface area contributed by atoms with Gasteiger partial charge < -0.3 is 10.6 Å². The highest BCUT2D eigenvalue weighted by molar-refractivity contribution is 5.74. The van der Waals surface area contributed by atoms with Crippen molar-refractivity contribution in [2.24, 2.45) is 5.92 Å². The van der Waals surface area contributed by atoms with E-state index in [4.69, 9.17) is 0 Å². The maximum absolute atomic E-state index is 12.1. The fraction of sp³-hybridized carbons (Fsp3) is 0.941. The molecule has 0 aromatic carbocycles. The summed E-state index contributed by atoms with van der Waals surface area (Å²) in [6.45, 7) is 9.84. The quantitative estimate of drug-likeness (QED) is 0.837. The van der Waals surface area contributed by atoms with E-state index in [1.165, 1.54) is 32.1 Å². The number of carbonyl (C=O) groups is 1. The van der Waals surface area contributed by atoms with Gasteiger partial charge in [0.05, 0.1) is 0 Å². The van der Waals surface area contributed by atoms with Crippen LogP contribution in [0, 0.1) is 5.92 Å². The predicted octanol–water partition coefficient (Wildman–Crippen LogP) is 3.13. The van der Waals surface area contributed by atoms with Gasteiger partial charge in [0.1, 0.15) is 0 Å². The normalized spacial score (nSPS) is 25.6. The minimum Gasteiger partial charge on any atom is -0.336 e. The van der Waals surface area contributed by atoms with Crippen molar-refractivity contribution in [2.75, 3.05) is 19.6 Å². The molecule has 4 heteroatoms. The lowest BCUT2D eigenvalue weighted by Gasteiger charge is -2.43. The van der Waals surface area contributed by atoms with Crippen molar-refractivity contribution in [2.45, 2.75) is 77.3 Å². The van der Waals surface area contributed by atoms with Gasteiger partial charge >= 0.3 is 6.03 Å². The fourth-order valence-corrected chi connectivity index (χ4v) is 3.63. The summed E-state index contributed by atoms with van der Waals surface area (Å²) in [4.78, 5) is 14.6. The molecular weight excluding hydrogens is 262 g/mol. The summed E-state index contributed by atoms with van der Waals surface area (Å²) in [5.41, 5.74) is 0.0403. The van der Waals surface area contributed by atoms with E-state index in [2.05, 4.69) is 36.3 Å². The number of likely N-dealkylation sites (tertiary alicyclic amines) is 1. The molecule has 2 rings (SSSR count). The Balaban J connectivity index is 1.73. The number of amides is 2. The van der Waals surface area contributed by atoms with Gasteiger partial charge in [-0.1, -0.05) is 26.2 Å². The van der Waals surface area contributed by atoms with Crippen molar-refractivity contribution in [3.8, 4) is 0 Å². The zero-order valence-electron chi connectivity index (χ0n) is 14.1. The molecule has 1 aliphatic carbocycles. The molecule has 122 valence electrons. The Morgan fingerprint density at radius 1 is 1.14 bits per heavy atom. The molecule has 1 saturated heterocycles. The van der Waals surface area contributed by atoms with Crippen molar-refractivity contribution in [3.63, 3.8) is 0 Å². The molecular formula is C17H33N3O. The Kier molecular flexibility index (Phi) is 5.91. The van der Waals surface area contributed by atoms with Crippen LogP contribution in [-0.4, -0.2) is 42.1 Å². The third-order valence-electron chi connectivity index (χ3n) is 5.14. The summed E-state index contributed by atoms with van der Waals surface area (Å²) in [5, 5.41) is 6.23. The molecule has 1 heterocycles. The molecule has 2 fully saturated rings. The van der Waals surface area contributed by atoms with E-state index in [1.807, 2.05) is 0 Å². The average Bonchev–Trinajstić information content (AvgIpc) is 2.46. The van der Waals surface area contributed by atoms with Gasteiger partial charge in [0.2, 0.25) is 0 Å². The van der Waals surface area contributed by atoms with Crippen molar-refractivity contribution >= 4 is 6.03 Å². The Hall–Kier alpha value is -0.770. The molecule has 1 saturated carbocycles.